The number of anilines is 2. The van der Waals surface area contributed by atoms with Gasteiger partial charge in [-0.3, -0.25) is 0 Å². The summed E-state index contributed by atoms with van der Waals surface area (Å²) < 4.78 is 0. The maximum absolute atomic E-state index is 4.46. The molecule has 0 amide bonds. The van der Waals surface area contributed by atoms with Gasteiger partial charge in [-0.25, -0.2) is 15.0 Å². The van der Waals surface area contributed by atoms with Gasteiger partial charge in [0, 0.05) is 17.5 Å². The third-order valence-corrected chi connectivity index (χ3v) is 4.26. The molecule has 2 aromatic rings. The molecule has 2 rings (SSSR count). The smallest absolute Gasteiger partial charge is 0.134 e. The van der Waals surface area contributed by atoms with E-state index in [9.17, 15) is 0 Å². The van der Waals surface area contributed by atoms with Crippen LogP contribution in [0.3, 0.4) is 0 Å². The molecule has 5 nitrogen and oxygen atoms in total. The van der Waals surface area contributed by atoms with Gasteiger partial charge in [-0.15, -0.1) is 11.3 Å². The second kappa shape index (κ2) is 5.52. The van der Waals surface area contributed by atoms with Crippen LogP contribution < -0.4 is 10.6 Å². The summed E-state index contributed by atoms with van der Waals surface area (Å²) in [6.07, 6.45) is 1.57. The van der Waals surface area contributed by atoms with Gasteiger partial charge in [0.1, 0.15) is 18.0 Å². The minimum absolute atomic E-state index is 0.185. The Morgan fingerprint density at radius 3 is 2.42 bits per heavy atom. The summed E-state index contributed by atoms with van der Waals surface area (Å²) in [5.74, 6) is 1.71. The summed E-state index contributed by atoms with van der Waals surface area (Å²) in [6.45, 7) is 8.21. The zero-order chi connectivity index (χ0) is 14.0. The second-order valence-electron chi connectivity index (χ2n) is 4.49. The number of nitrogens with zero attached hydrogens (tertiary/aromatic N) is 3. The Kier molecular flexibility index (Phi) is 3.99. The molecule has 2 aromatic heterocycles. The van der Waals surface area contributed by atoms with Gasteiger partial charge >= 0.3 is 0 Å². The number of hydrogen-bond donors (Lipinski definition) is 2. The third kappa shape index (κ3) is 2.84. The van der Waals surface area contributed by atoms with Crippen molar-refractivity contribution in [2.24, 2.45) is 0 Å². The van der Waals surface area contributed by atoms with Crippen molar-refractivity contribution in [2.45, 2.75) is 33.7 Å². The second-order valence-corrected chi connectivity index (χ2v) is 5.73. The molecule has 19 heavy (non-hydrogen) atoms. The summed E-state index contributed by atoms with van der Waals surface area (Å²) in [6, 6.07) is 0.185. The van der Waals surface area contributed by atoms with Gasteiger partial charge in [0.05, 0.1) is 16.7 Å². The largest absolute Gasteiger partial charge is 0.373 e. The molecule has 0 saturated heterocycles. The first-order valence-electron chi connectivity index (χ1n) is 6.22. The predicted octanol–water partition coefficient (Wildman–Crippen LogP) is 3.07. The maximum Gasteiger partial charge on any atom is 0.134 e. The van der Waals surface area contributed by atoms with Crippen molar-refractivity contribution in [2.75, 3.05) is 17.7 Å². The van der Waals surface area contributed by atoms with E-state index in [4.69, 9.17) is 0 Å². The van der Waals surface area contributed by atoms with Crippen LogP contribution in [0.25, 0.3) is 0 Å². The van der Waals surface area contributed by atoms with Gasteiger partial charge in [-0.1, -0.05) is 0 Å². The van der Waals surface area contributed by atoms with E-state index in [1.807, 2.05) is 27.8 Å². The molecule has 0 bridgehead atoms. The molecule has 1 unspecified atom stereocenters. The molecule has 0 radical (unpaired) electrons. The molecule has 2 heterocycles. The van der Waals surface area contributed by atoms with Gasteiger partial charge in [0.25, 0.3) is 0 Å². The molecular weight excluding hydrogens is 258 g/mol. The van der Waals surface area contributed by atoms with Crippen molar-refractivity contribution < 1.29 is 0 Å². The standard InChI is InChI=1S/C13H19N5S/c1-7-12(14-5)15-6-16-13(7)18-9(3)11-8(2)17-10(4)19-11/h6,9H,1-5H3,(H2,14,15,16,18). The molecular formula is C13H19N5S. The Balaban J connectivity index is 2.24. The average Bonchev–Trinajstić information content (AvgIpc) is 2.71. The molecule has 0 aromatic carbocycles. The van der Waals surface area contributed by atoms with Crippen LogP contribution in [-0.2, 0) is 0 Å². The van der Waals surface area contributed by atoms with Crippen molar-refractivity contribution in [3.05, 3.63) is 27.5 Å². The molecule has 102 valence electrons. The summed E-state index contributed by atoms with van der Waals surface area (Å²) in [4.78, 5) is 14.2. The van der Waals surface area contributed by atoms with Crippen molar-refractivity contribution in [1.29, 1.82) is 0 Å². The first-order chi connectivity index (χ1) is 9.02. The zero-order valence-corrected chi connectivity index (χ0v) is 12.7. The third-order valence-electron chi connectivity index (χ3n) is 3.01. The Hall–Kier alpha value is -1.69. The highest BCUT2D eigenvalue weighted by Crippen LogP contribution is 2.28. The monoisotopic (exact) mass is 277 g/mol. The predicted molar refractivity (Wildman–Crippen MR) is 79.9 cm³/mol. The normalized spacial score (nSPS) is 12.3. The van der Waals surface area contributed by atoms with Gasteiger partial charge < -0.3 is 10.6 Å². The van der Waals surface area contributed by atoms with Crippen molar-refractivity contribution >= 4 is 23.0 Å². The van der Waals surface area contributed by atoms with Crippen molar-refractivity contribution in [1.82, 2.24) is 15.0 Å². The zero-order valence-electron chi connectivity index (χ0n) is 11.9. The van der Waals surface area contributed by atoms with Crippen LogP contribution in [0.2, 0.25) is 0 Å². The van der Waals surface area contributed by atoms with E-state index in [1.165, 1.54) is 4.88 Å². The fourth-order valence-corrected chi connectivity index (χ4v) is 3.00. The van der Waals surface area contributed by atoms with E-state index >= 15 is 0 Å². The molecule has 0 aliphatic rings. The van der Waals surface area contributed by atoms with E-state index in [-0.39, 0.29) is 6.04 Å². The summed E-state index contributed by atoms with van der Waals surface area (Å²) >= 11 is 1.72. The number of nitrogens with one attached hydrogen (secondary N) is 2. The fourth-order valence-electron chi connectivity index (χ4n) is 2.07. The molecule has 0 spiro atoms. The summed E-state index contributed by atoms with van der Waals surface area (Å²) in [5, 5.41) is 7.59. The Labute approximate surface area is 117 Å². The topological polar surface area (TPSA) is 62.7 Å². The van der Waals surface area contributed by atoms with E-state index in [0.29, 0.717) is 0 Å². The van der Waals surface area contributed by atoms with Gasteiger partial charge in [0.2, 0.25) is 0 Å². The number of hydrogen-bond acceptors (Lipinski definition) is 6. The molecule has 0 fully saturated rings. The number of thiazole rings is 1. The van der Waals surface area contributed by atoms with Crippen molar-refractivity contribution in [3.63, 3.8) is 0 Å². The highest BCUT2D eigenvalue weighted by atomic mass is 32.1. The van der Waals surface area contributed by atoms with E-state index in [2.05, 4.69) is 32.5 Å². The first kappa shape index (κ1) is 13.7. The molecule has 1 atom stereocenters. The van der Waals surface area contributed by atoms with Gasteiger partial charge in [0.15, 0.2) is 0 Å². The molecule has 0 saturated carbocycles. The lowest BCUT2D eigenvalue weighted by Gasteiger charge is -2.16. The van der Waals surface area contributed by atoms with Gasteiger partial charge in [-0.2, -0.15) is 0 Å². The lowest BCUT2D eigenvalue weighted by molar-refractivity contribution is 0.873. The van der Waals surface area contributed by atoms with Crippen molar-refractivity contribution in [3.8, 4) is 0 Å². The number of aryl methyl sites for hydroxylation is 2. The maximum atomic E-state index is 4.46. The molecule has 6 heteroatoms. The average molecular weight is 277 g/mol. The summed E-state index contributed by atoms with van der Waals surface area (Å²) in [7, 11) is 1.86. The van der Waals surface area contributed by atoms with Crippen LogP contribution in [0, 0.1) is 20.8 Å². The van der Waals surface area contributed by atoms with Crippen LogP contribution in [0.5, 0.6) is 0 Å². The van der Waals surface area contributed by atoms with Crippen LogP contribution in [-0.4, -0.2) is 22.0 Å². The fraction of sp³-hybridized carbons (Fsp3) is 0.462. The highest BCUT2D eigenvalue weighted by Gasteiger charge is 2.15. The molecule has 2 N–H and O–H groups in total. The Morgan fingerprint density at radius 1 is 1.16 bits per heavy atom. The minimum atomic E-state index is 0.185. The summed E-state index contributed by atoms with van der Waals surface area (Å²) in [5.41, 5.74) is 2.11. The highest BCUT2D eigenvalue weighted by molar-refractivity contribution is 7.11. The van der Waals surface area contributed by atoms with Gasteiger partial charge in [-0.05, 0) is 27.7 Å². The molecule has 0 aliphatic heterocycles. The number of aromatic nitrogens is 3. The number of rotatable bonds is 4. The lowest BCUT2D eigenvalue weighted by Crippen LogP contribution is -2.10. The van der Waals surface area contributed by atoms with Crippen LogP contribution >= 0.6 is 11.3 Å². The first-order valence-corrected chi connectivity index (χ1v) is 7.04. The Bertz CT molecular complexity index is 578. The Morgan fingerprint density at radius 2 is 1.84 bits per heavy atom. The van der Waals surface area contributed by atoms with Crippen LogP contribution in [0.4, 0.5) is 11.6 Å². The van der Waals surface area contributed by atoms with E-state index < -0.39 is 0 Å². The van der Waals surface area contributed by atoms with E-state index in [0.717, 1.165) is 27.9 Å². The lowest BCUT2D eigenvalue weighted by atomic mass is 10.2. The minimum Gasteiger partial charge on any atom is -0.373 e. The van der Waals surface area contributed by atoms with Crippen LogP contribution in [0.1, 0.15) is 34.1 Å². The van der Waals surface area contributed by atoms with Crippen LogP contribution in [0.15, 0.2) is 6.33 Å². The SMILES string of the molecule is CNc1ncnc(NC(C)c2sc(C)nc2C)c1C. The quantitative estimate of drug-likeness (QED) is 0.899. The molecule has 0 aliphatic carbocycles. The van der Waals surface area contributed by atoms with E-state index in [1.54, 1.807) is 17.7 Å².